The molecule has 0 saturated carbocycles. The van der Waals surface area contributed by atoms with E-state index in [1.807, 2.05) is 0 Å². The van der Waals surface area contributed by atoms with Crippen LogP contribution in [0.4, 0.5) is 8.78 Å². The number of alkyl halides is 1. The van der Waals surface area contributed by atoms with Gasteiger partial charge >= 0.3 is 0 Å². The molecule has 4 heteroatoms. The van der Waals surface area contributed by atoms with Gasteiger partial charge in [-0.2, -0.15) is 0 Å². The lowest BCUT2D eigenvalue weighted by molar-refractivity contribution is 0.341. The van der Waals surface area contributed by atoms with Crippen LogP contribution >= 0.6 is 11.6 Å². The predicted octanol–water partition coefficient (Wildman–Crippen LogP) is 2.45. The van der Waals surface area contributed by atoms with Gasteiger partial charge in [0.2, 0.25) is 0 Å². The lowest BCUT2D eigenvalue weighted by Gasteiger charge is -2.06. The highest BCUT2D eigenvalue weighted by Gasteiger charge is 2.12. The second kappa shape index (κ2) is 3.83. The van der Waals surface area contributed by atoms with Gasteiger partial charge in [-0.3, -0.25) is 0 Å². The van der Waals surface area contributed by atoms with E-state index >= 15 is 0 Å². The fraction of sp³-hybridized carbons (Fsp3) is 0.250. The lowest BCUT2D eigenvalue weighted by Crippen LogP contribution is -2.09. The van der Waals surface area contributed by atoms with Crippen molar-refractivity contribution in [2.24, 2.45) is 5.73 Å². The van der Waals surface area contributed by atoms with Crippen molar-refractivity contribution in [3.05, 3.63) is 34.6 Å². The second-order valence-electron chi connectivity index (χ2n) is 2.37. The second-order valence-corrected chi connectivity index (χ2v) is 2.81. The molecule has 66 valence electrons. The van der Waals surface area contributed by atoms with Gasteiger partial charge in [-0.1, -0.05) is 17.7 Å². The molecular weight excluding hydrogens is 184 g/mol. The summed E-state index contributed by atoms with van der Waals surface area (Å²) < 4.78 is 25.8. The van der Waals surface area contributed by atoms with Gasteiger partial charge in [-0.25, -0.2) is 8.78 Å². The minimum Gasteiger partial charge on any atom is -0.327 e. The van der Waals surface area contributed by atoms with Gasteiger partial charge in [0.15, 0.2) is 0 Å². The smallest absolute Gasteiger partial charge is 0.140 e. The summed E-state index contributed by atoms with van der Waals surface area (Å²) in [5, 5.41) is 0.250. The molecule has 1 atom stereocenters. The Morgan fingerprint density at radius 2 is 2.17 bits per heavy atom. The van der Waals surface area contributed by atoms with Gasteiger partial charge in [-0.05, 0) is 12.1 Å². The van der Waals surface area contributed by atoms with Crippen LogP contribution in [0.2, 0.25) is 5.02 Å². The monoisotopic (exact) mass is 191 g/mol. The fourth-order valence-corrected chi connectivity index (χ4v) is 1.04. The van der Waals surface area contributed by atoms with E-state index in [1.165, 1.54) is 12.1 Å². The Morgan fingerprint density at radius 3 is 2.67 bits per heavy atom. The predicted molar refractivity (Wildman–Crippen MR) is 44.3 cm³/mol. The highest BCUT2D eigenvalue weighted by Crippen LogP contribution is 2.22. The molecule has 1 aromatic rings. The molecule has 12 heavy (non-hydrogen) atoms. The van der Waals surface area contributed by atoms with E-state index in [4.69, 9.17) is 17.3 Å². The third-order valence-corrected chi connectivity index (χ3v) is 1.74. The van der Waals surface area contributed by atoms with Crippen molar-refractivity contribution in [2.45, 2.75) is 6.17 Å². The minimum absolute atomic E-state index is 0.0399. The van der Waals surface area contributed by atoms with E-state index in [9.17, 15) is 8.78 Å². The van der Waals surface area contributed by atoms with Crippen molar-refractivity contribution in [1.82, 2.24) is 0 Å². The Hall–Kier alpha value is -0.670. The maximum atomic E-state index is 12.9. The van der Waals surface area contributed by atoms with Gasteiger partial charge in [0.05, 0.1) is 0 Å². The summed E-state index contributed by atoms with van der Waals surface area (Å²) in [5.74, 6) is -0.652. The maximum absolute atomic E-state index is 12.9. The first kappa shape index (κ1) is 9.42. The van der Waals surface area contributed by atoms with Crippen molar-refractivity contribution >= 4 is 11.6 Å². The average molecular weight is 192 g/mol. The van der Waals surface area contributed by atoms with Crippen molar-refractivity contribution in [3.8, 4) is 0 Å². The number of hydrogen-bond acceptors (Lipinski definition) is 1. The van der Waals surface area contributed by atoms with E-state index in [-0.39, 0.29) is 17.1 Å². The summed E-state index contributed by atoms with van der Waals surface area (Å²) in [6.45, 7) is -0.224. The third kappa shape index (κ3) is 1.93. The first-order valence-electron chi connectivity index (χ1n) is 3.44. The van der Waals surface area contributed by atoms with Gasteiger partial charge in [-0.15, -0.1) is 0 Å². The zero-order chi connectivity index (χ0) is 9.14. The highest BCUT2D eigenvalue weighted by molar-refractivity contribution is 6.30. The van der Waals surface area contributed by atoms with Crippen molar-refractivity contribution in [3.63, 3.8) is 0 Å². The number of nitrogens with two attached hydrogens (primary N) is 1. The van der Waals surface area contributed by atoms with Crippen LogP contribution in [0.5, 0.6) is 0 Å². The van der Waals surface area contributed by atoms with E-state index in [2.05, 4.69) is 0 Å². The Bertz CT molecular complexity index is 278. The SMILES string of the molecule is NCC(F)c1ccc(Cl)cc1F. The Labute approximate surface area is 74.1 Å². The van der Waals surface area contributed by atoms with Crippen LogP contribution in [-0.4, -0.2) is 6.54 Å². The van der Waals surface area contributed by atoms with E-state index in [0.717, 1.165) is 6.07 Å². The molecule has 0 aliphatic heterocycles. The molecule has 0 bridgehead atoms. The van der Waals surface area contributed by atoms with Crippen molar-refractivity contribution in [2.75, 3.05) is 6.54 Å². The van der Waals surface area contributed by atoms with E-state index < -0.39 is 12.0 Å². The normalized spacial score (nSPS) is 13.0. The van der Waals surface area contributed by atoms with Crippen molar-refractivity contribution in [1.29, 1.82) is 0 Å². The fourth-order valence-electron chi connectivity index (χ4n) is 0.883. The van der Waals surface area contributed by atoms with E-state index in [1.54, 1.807) is 0 Å². The summed E-state index contributed by atoms with van der Waals surface area (Å²) in [4.78, 5) is 0. The van der Waals surface area contributed by atoms with Crippen LogP contribution in [0.15, 0.2) is 18.2 Å². The first-order chi connectivity index (χ1) is 5.65. The number of halogens is 3. The molecule has 0 heterocycles. The number of hydrogen-bond donors (Lipinski definition) is 1. The molecule has 0 aliphatic rings. The Morgan fingerprint density at radius 1 is 1.50 bits per heavy atom. The molecule has 1 unspecified atom stereocenters. The van der Waals surface area contributed by atoms with Crippen LogP contribution in [0, 0.1) is 5.82 Å². The molecule has 1 aromatic carbocycles. The number of benzene rings is 1. The summed E-state index contributed by atoms with van der Waals surface area (Å²) in [6, 6.07) is 3.80. The topological polar surface area (TPSA) is 26.0 Å². The quantitative estimate of drug-likeness (QED) is 0.764. The standard InChI is InChI=1S/C8H8ClF2N/c9-5-1-2-6(7(10)3-5)8(11)4-12/h1-3,8H,4,12H2. The number of rotatable bonds is 2. The van der Waals surface area contributed by atoms with Crippen LogP contribution in [0.3, 0.4) is 0 Å². The van der Waals surface area contributed by atoms with Gasteiger partial charge in [0.25, 0.3) is 0 Å². The van der Waals surface area contributed by atoms with Crippen LogP contribution in [-0.2, 0) is 0 Å². The Balaban J connectivity index is 3.01. The summed E-state index contributed by atoms with van der Waals surface area (Å²) in [5.41, 5.74) is 5.00. The molecule has 0 amide bonds. The van der Waals surface area contributed by atoms with Crippen LogP contribution < -0.4 is 5.73 Å². The molecule has 0 saturated heterocycles. The van der Waals surface area contributed by atoms with Crippen LogP contribution in [0.25, 0.3) is 0 Å². The molecule has 0 fully saturated rings. The van der Waals surface area contributed by atoms with Crippen molar-refractivity contribution < 1.29 is 8.78 Å². The molecule has 1 nitrogen and oxygen atoms in total. The highest BCUT2D eigenvalue weighted by atomic mass is 35.5. The molecule has 2 N–H and O–H groups in total. The molecule has 1 rings (SSSR count). The maximum Gasteiger partial charge on any atom is 0.140 e. The molecule has 0 spiro atoms. The van der Waals surface area contributed by atoms with E-state index in [0.29, 0.717) is 0 Å². The minimum atomic E-state index is -1.46. The van der Waals surface area contributed by atoms with Gasteiger partial charge in [0, 0.05) is 17.1 Å². The third-order valence-electron chi connectivity index (χ3n) is 1.51. The zero-order valence-electron chi connectivity index (χ0n) is 6.23. The molecule has 0 aromatic heterocycles. The summed E-state index contributed by atoms with van der Waals surface area (Å²) in [6.07, 6.45) is -1.46. The molecule has 0 radical (unpaired) electrons. The zero-order valence-corrected chi connectivity index (χ0v) is 6.98. The van der Waals surface area contributed by atoms with Gasteiger partial charge < -0.3 is 5.73 Å². The molecule has 0 aliphatic carbocycles. The average Bonchev–Trinajstić information content (AvgIpc) is 2.03. The van der Waals surface area contributed by atoms with Crippen LogP contribution in [0.1, 0.15) is 11.7 Å². The lowest BCUT2D eigenvalue weighted by atomic mass is 10.1. The summed E-state index contributed by atoms with van der Waals surface area (Å²) >= 11 is 5.47. The first-order valence-corrected chi connectivity index (χ1v) is 3.82. The molecular formula is C8H8ClF2N. The summed E-state index contributed by atoms with van der Waals surface area (Å²) in [7, 11) is 0. The Kier molecular flexibility index (Phi) is 3.00. The van der Waals surface area contributed by atoms with Gasteiger partial charge in [0.1, 0.15) is 12.0 Å². The largest absolute Gasteiger partial charge is 0.327 e.